The highest BCUT2D eigenvalue weighted by Crippen LogP contribution is 2.45. The lowest BCUT2D eigenvalue weighted by atomic mass is 10.1. The number of thiazole rings is 1. The van der Waals surface area contributed by atoms with E-state index in [2.05, 4.69) is 60.8 Å². The van der Waals surface area contributed by atoms with Crippen molar-refractivity contribution in [2.75, 3.05) is 11.5 Å². The summed E-state index contributed by atoms with van der Waals surface area (Å²) in [6.07, 6.45) is 0. The van der Waals surface area contributed by atoms with Gasteiger partial charge in [0, 0.05) is 21.6 Å². The van der Waals surface area contributed by atoms with Crippen molar-refractivity contribution in [2.45, 2.75) is 18.1 Å². The van der Waals surface area contributed by atoms with Gasteiger partial charge in [0.1, 0.15) is 17.4 Å². The zero-order valence-corrected chi connectivity index (χ0v) is 18.6. The van der Waals surface area contributed by atoms with Crippen molar-refractivity contribution < 1.29 is 4.74 Å². The largest absolute Gasteiger partial charge is 0.486 e. The molecule has 0 bridgehead atoms. The van der Waals surface area contributed by atoms with Crippen LogP contribution in [0.3, 0.4) is 0 Å². The summed E-state index contributed by atoms with van der Waals surface area (Å²) >= 11 is 7.55. The smallest absolute Gasteiger partial charge is 0.140 e. The van der Waals surface area contributed by atoms with E-state index in [-0.39, 0.29) is 0 Å². The molecule has 2 nitrogen and oxygen atoms in total. The second-order valence-electron chi connectivity index (χ2n) is 6.61. The van der Waals surface area contributed by atoms with Gasteiger partial charge in [0.25, 0.3) is 0 Å². The van der Waals surface area contributed by atoms with Gasteiger partial charge in [-0.1, -0.05) is 30.3 Å². The van der Waals surface area contributed by atoms with Gasteiger partial charge in [0.2, 0.25) is 0 Å². The molecule has 0 amide bonds. The number of aryl methyl sites for hydroxylation is 1. The molecule has 5 rings (SSSR count). The molecule has 1 saturated heterocycles. The molecule has 1 aliphatic heterocycles. The predicted molar refractivity (Wildman–Crippen MR) is 126 cm³/mol. The minimum Gasteiger partial charge on any atom is -0.486 e. The van der Waals surface area contributed by atoms with E-state index in [0.29, 0.717) is 11.2 Å². The summed E-state index contributed by atoms with van der Waals surface area (Å²) in [4.78, 5) is 6.09. The number of aromatic nitrogens is 1. The summed E-state index contributed by atoms with van der Waals surface area (Å²) in [5, 5.41) is 4.48. The molecule has 1 fully saturated rings. The molecule has 142 valence electrons. The van der Waals surface area contributed by atoms with Gasteiger partial charge in [-0.25, -0.2) is 4.98 Å². The Morgan fingerprint density at radius 3 is 2.61 bits per heavy atom. The lowest BCUT2D eigenvalue weighted by molar-refractivity contribution is 0.305. The Labute approximate surface area is 181 Å². The van der Waals surface area contributed by atoms with Gasteiger partial charge in [0.15, 0.2) is 0 Å². The van der Waals surface area contributed by atoms with Gasteiger partial charge < -0.3 is 4.74 Å². The Morgan fingerprint density at radius 2 is 1.82 bits per heavy atom. The summed E-state index contributed by atoms with van der Waals surface area (Å²) in [6, 6.07) is 17.1. The Kier molecular flexibility index (Phi) is 5.37. The zero-order chi connectivity index (χ0) is 18.9. The lowest BCUT2D eigenvalue weighted by Gasteiger charge is -2.09. The average Bonchev–Trinajstić information content (AvgIpc) is 3.48. The van der Waals surface area contributed by atoms with Crippen LogP contribution in [-0.2, 0) is 6.61 Å². The molecule has 0 N–H and O–H groups in total. The van der Waals surface area contributed by atoms with Gasteiger partial charge in [-0.05, 0) is 41.6 Å². The maximum Gasteiger partial charge on any atom is 0.140 e. The van der Waals surface area contributed by atoms with E-state index in [4.69, 9.17) is 9.72 Å². The van der Waals surface area contributed by atoms with Crippen molar-refractivity contribution in [2.24, 2.45) is 0 Å². The molecule has 2 aromatic carbocycles. The number of nitrogens with zero attached hydrogens (tertiary/aromatic N) is 1. The molecule has 0 unspecified atom stereocenters. The molecule has 0 spiro atoms. The van der Waals surface area contributed by atoms with Crippen LogP contribution in [0, 0.1) is 6.92 Å². The van der Waals surface area contributed by atoms with Crippen LogP contribution in [0.25, 0.3) is 20.7 Å². The predicted octanol–water partition coefficient (Wildman–Crippen LogP) is 7.39. The number of fused-ring (bicyclic) bond motifs is 1. The summed E-state index contributed by atoms with van der Waals surface area (Å²) in [6.45, 7) is 2.70. The van der Waals surface area contributed by atoms with Crippen molar-refractivity contribution in [3.8, 4) is 16.3 Å². The molecular weight excluding hydrogens is 423 g/mol. The fraction of sp³-hybridized carbons (Fsp3) is 0.227. The Bertz CT molecular complexity index is 1090. The highest BCUT2D eigenvalue weighted by atomic mass is 32.2. The highest BCUT2D eigenvalue weighted by Gasteiger charge is 2.18. The van der Waals surface area contributed by atoms with E-state index in [0.717, 1.165) is 16.5 Å². The maximum atomic E-state index is 5.99. The lowest BCUT2D eigenvalue weighted by Crippen LogP contribution is -1.95. The minimum atomic E-state index is 0.515. The van der Waals surface area contributed by atoms with Crippen LogP contribution in [-0.4, -0.2) is 16.5 Å². The normalized spacial score (nSPS) is 14.8. The molecular formula is C22H19NOS4. The summed E-state index contributed by atoms with van der Waals surface area (Å²) in [5.74, 6) is 3.41. The van der Waals surface area contributed by atoms with E-state index in [9.17, 15) is 0 Å². The van der Waals surface area contributed by atoms with E-state index in [1.165, 1.54) is 37.6 Å². The number of ether oxygens (including phenoxy) is 1. The second kappa shape index (κ2) is 8.11. The van der Waals surface area contributed by atoms with Crippen LogP contribution in [0.5, 0.6) is 5.75 Å². The monoisotopic (exact) mass is 441 g/mol. The highest BCUT2D eigenvalue weighted by molar-refractivity contribution is 8.19. The molecule has 0 saturated carbocycles. The number of hydrogen-bond acceptors (Lipinski definition) is 6. The number of rotatable bonds is 5. The number of thiophene rings is 1. The minimum absolute atomic E-state index is 0.515. The third kappa shape index (κ3) is 3.71. The second-order valence-corrected chi connectivity index (χ2v) is 11.3. The number of thioether (sulfide) groups is 2. The SMILES string of the molecule is Cc1c(-c2csc(COc3ccc(C4SCCS4)cc3)n2)sc2ccccc12. The quantitative estimate of drug-likeness (QED) is 0.322. The van der Waals surface area contributed by atoms with Gasteiger partial charge in [-0.3, -0.25) is 0 Å². The van der Waals surface area contributed by atoms with Crippen LogP contribution in [0.1, 0.15) is 20.7 Å². The van der Waals surface area contributed by atoms with Crippen molar-refractivity contribution >= 4 is 56.3 Å². The summed E-state index contributed by atoms with van der Waals surface area (Å²) < 4.78 is 7.89. The molecule has 1 aliphatic rings. The molecule has 6 heteroatoms. The fourth-order valence-corrected chi connectivity index (χ4v) is 8.12. The van der Waals surface area contributed by atoms with E-state index >= 15 is 0 Å². The first-order chi connectivity index (χ1) is 13.8. The van der Waals surface area contributed by atoms with Gasteiger partial charge in [0.05, 0.1) is 15.2 Å². The first kappa shape index (κ1) is 18.6. The first-order valence-electron chi connectivity index (χ1n) is 9.17. The van der Waals surface area contributed by atoms with Gasteiger partial charge in [-0.2, -0.15) is 0 Å². The summed E-state index contributed by atoms with van der Waals surface area (Å²) in [5.41, 5.74) is 3.76. The van der Waals surface area contributed by atoms with Gasteiger partial charge in [-0.15, -0.1) is 46.2 Å². The first-order valence-corrected chi connectivity index (χ1v) is 13.0. The topological polar surface area (TPSA) is 22.1 Å². The van der Waals surface area contributed by atoms with E-state index in [1.807, 2.05) is 34.9 Å². The third-order valence-corrected chi connectivity index (χ3v) is 9.99. The molecule has 4 aromatic rings. The van der Waals surface area contributed by atoms with Crippen LogP contribution in [0.15, 0.2) is 53.9 Å². The van der Waals surface area contributed by atoms with Crippen molar-refractivity contribution in [1.82, 2.24) is 4.98 Å². The molecule has 0 atom stereocenters. The van der Waals surface area contributed by atoms with Gasteiger partial charge >= 0.3 is 0 Å². The molecule has 28 heavy (non-hydrogen) atoms. The number of hydrogen-bond donors (Lipinski definition) is 0. The Morgan fingerprint density at radius 1 is 1.04 bits per heavy atom. The maximum absolute atomic E-state index is 5.99. The van der Waals surface area contributed by atoms with Crippen LogP contribution < -0.4 is 4.74 Å². The van der Waals surface area contributed by atoms with Crippen molar-refractivity contribution in [1.29, 1.82) is 0 Å². The average molecular weight is 442 g/mol. The third-order valence-electron chi connectivity index (χ3n) is 4.76. The van der Waals surface area contributed by atoms with Crippen molar-refractivity contribution in [3.05, 3.63) is 70.0 Å². The van der Waals surface area contributed by atoms with E-state index < -0.39 is 0 Å². The zero-order valence-electron chi connectivity index (χ0n) is 15.4. The molecule has 0 aliphatic carbocycles. The van der Waals surface area contributed by atoms with Crippen LogP contribution in [0.2, 0.25) is 0 Å². The molecule has 0 radical (unpaired) electrons. The van der Waals surface area contributed by atoms with Crippen LogP contribution in [0.4, 0.5) is 0 Å². The van der Waals surface area contributed by atoms with Crippen molar-refractivity contribution in [3.63, 3.8) is 0 Å². The summed E-state index contributed by atoms with van der Waals surface area (Å²) in [7, 11) is 0. The van der Waals surface area contributed by atoms with E-state index in [1.54, 1.807) is 11.3 Å². The molecule has 3 heterocycles. The molecule has 2 aromatic heterocycles. The fourth-order valence-electron chi connectivity index (χ4n) is 3.32. The standard InChI is InChI=1S/C22H19NOS4/c1-14-17-4-2-3-5-19(17)28-21(14)18-13-27-20(23-18)12-24-16-8-6-15(7-9-16)22-25-10-11-26-22/h2-9,13,22H,10-12H2,1H3. The number of benzene rings is 2. The van der Waals surface area contributed by atoms with Crippen LogP contribution >= 0.6 is 46.2 Å². The Hall–Kier alpha value is -1.47. The Balaban J connectivity index is 1.28.